The summed E-state index contributed by atoms with van der Waals surface area (Å²) in [6.07, 6.45) is -5.24. The van der Waals surface area contributed by atoms with Gasteiger partial charge >= 0.3 is 0 Å². The number of hydrogen-bond acceptors (Lipinski definition) is 6. The Morgan fingerprint density at radius 1 is 1.53 bits per heavy atom. The van der Waals surface area contributed by atoms with Crippen molar-refractivity contribution in [1.82, 2.24) is 5.32 Å². The van der Waals surface area contributed by atoms with Crippen LogP contribution >= 0.6 is 0 Å². The molecule has 5 atom stereocenters. The first kappa shape index (κ1) is 12.3. The van der Waals surface area contributed by atoms with Crippen molar-refractivity contribution in [3.63, 3.8) is 0 Å². The maximum absolute atomic E-state index is 10.7. The molecule has 1 amide bonds. The quantitative estimate of drug-likeness (QED) is 0.317. The van der Waals surface area contributed by atoms with Crippen LogP contribution in [0.1, 0.15) is 6.92 Å². The third-order valence-electron chi connectivity index (χ3n) is 2.27. The Balaban J connectivity index is 2.70. The smallest absolute Gasteiger partial charge is 0.217 e. The predicted molar refractivity (Wildman–Crippen MR) is 47.6 cm³/mol. The van der Waals surface area contributed by atoms with Crippen molar-refractivity contribution in [2.45, 2.75) is 37.6 Å². The molecule has 1 fully saturated rings. The summed E-state index contributed by atoms with van der Waals surface area (Å²) in [6, 6.07) is -1.10. The molecule has 7 heteroatoms. The Labute approximate surface area is 86.3 Å². The normalized spacial score (nSPS) is 41.3. The SMILES string of the molecule is CC(=O)N[C@H]1[C@@H]([18OH])[C@H](O)[C@@H](CO)O[C@@H]1O. The van der Waals surface area contributed by atoms with Crippen molar-refractivity contribution in [3.05, 3.63) is 0 Å². The fourth-order valence-corrected chi connectivity index (χ4v) is 1.49. The van der Waals surface area contributed by atoms with Crippen LogP contribution in [0.3, 0.4) is 0 Å². The van der Waals surface area contributed by atoms with Crippen LogP contribution in [0, 0.1) is 0 Å². The number of aliphatic hydroxyl groups is 4. The van der Waals surface area contributed by atoms with E-state index in [0.29, 0.717) is 0 Å². The second kappa shape index (κ2) is 4.86. The van der Waals surface area contributed by atoms with Gasteiger partial charge in [-0.25, -0.2) is 0 Å². The molecule has 0 bridgehead atoms. The summed E-state index contributed by atoms with van der Waals surface area (Å²) in [5, 5.41) is 39.4. The van der Waals surface area contributed by atoms with E-state index < -0.39 is 43.2 Å². The number of hydrogen-bond donors (Lipinski definition) is 5. The number of nitrogens with one attached hydrogen (secondary N) is 1. The van der Waals surface area contributed by atoms with Gasteiger partial charge in [-0.2, -0.15) is 0 Å². The molecule has 15 heavy (non-hydrogen) atoms. The first-order valence-corrected chi connectivity index (χ1v) is 4.55. The summed E-state index contributed by atoms with van der Waals surface area (Å²) >= 11 is 0. The van der Waals surface area contributed by atoms with E-state index in [2.05, 4.69) is 5.32 Å². The Kier molecular flexibility index (Phi) is 4.00. The molecule has 0 radical (unpaired) electrons. The van der Waals surface area contributed by atoms with Crippen molar-refractivity contribution in [2.75, 3.05) is 6.61 Å². The van der Waals surface area contributed by atoms with E-state index in [1.807, 2.05) is 0 Å². The van der Waals surface area contributed by atoms with Crippen LogP contribution < -0.4 is 5.32 Å². The van der Waals surface area contributed by atoms with Gasteiger partial charge in [0, 0.05) is 6.92 Å². The van der Waals surface area contributed by atoms with Gasteiger partial charge in [-0.05, 0) is 0 Å². The van der Waals surface area contributed by atoms with Crippen LogP contribution in [-0.4, -0.2) is 63.6 Å². The average molecular weight is 223 g/mol. The molecule has 0 aromatic rings. The van der Waals surface area contributed by atoms with E-state index in [1.165, 1.54) is 6.92 Å². The number of amides is 1. The summed E-state index contributed by atoms with van der Waals surface area (Å²) in [4.78, 5) is 10.7. The number of aliphatic hydroxyl groups excluding tert-OH is 4. The molecule has 1 aliphatic heterocycles. The molecule has 1 saturated heterocycles. The van der Waals surface area contributed by atoms with Crippen LogP contribution in [-0.2, 0) is 9.53 Å². The lowest BCUT2D eigenvalue weighted by atomic mass is 9.98. The Hall–Kier alpha value is -0.730. The van der Waals surface area contributed by atoms with Gasteiger partial charge in [0.25, 0.3) is 0 Å². The number of ether oxygens (including phenoxy) is 1. The fourth-order valence-electron chi connectivity index (χ4n) is 1.49. The second-order valence-corrected chi connectivity index (χ2v) is 3.46. The molecule has 5 N–H and O–H groups in total. The molecule has 0 unspecified atom stereocenters. The fraction of sp³-hybridized carbons (Fsp3) is 0.875. The van der Waals surface area contributed by atoms with E-state index >= 15 is 0 Å². The van der Waals surface area contributed by atoms with Gasteiger partial charge in [0.15, 0.2) is 6.29 Å². The van der Waals surface area contributed by atoms with Crippen molar-refractivity contribution >= 4 is 5.91 Å². The highest BCUT2D eigenvalue weighted by molar-refractivity contribution is 5.73. The Bertz CT molecular complexity index is 235. The van der Waals surface area contributed by atoms with Gasteiger partial charge in [-0.15, -0.1) is 0 Å². The van der Waals surface area contributed by atoms with E-state index in [-0.39, 0.29) is 0 Å². The van der Waals surface area contributed by atoms with Gasteiger partial charge < -0.3 is 30.5 Å². The van der Waals surface area contributed by atoms with E-state index in [9.17, 15) is 20.1 Å². The highest BCUT2D eigenvalue weighted by atomic mass is 18.2. The first-order chi connectivity index (χ1) is 6.97. The summed E-state index contributed by atoms with van der Waals surface area (Å²) in [7, 11) is 0. The molecule has 7 nitrogen and oxygen atoms in total. The molecule has 88 valence electrons. The van der Waals surface area contributed by atoms with Crippen LogP contribution in [0.4, 0.5) is 0 Å². The Morgan fingerprint density at radius 3 is 2.60 bits per heavy atom. The van der Waals surface area contributed by atoms with Crippen LogP contribution in [0.25, 0.3) is 0 Å². The van der Waals surface area contributed by atoms with Crippen LogP contribution in [0.15, 0.2) is 0 Å². The maximum Gasteiger partial charge on any atom is 0.217 e. The van der Waals surface area contributed by atoms with Crippen molar-refractivity contribution in [3.8, 4) is 0 Å². The molecular formula is C8H15NO6. The van der Waals surface area contributed by atoms with Gasteiger partial charge in [0.05, 0.1) is 6.61 Å². The van der Waals surface area contributed by atoms with Crippen molar-refractivity contribution in [1.29, 1.82) is 0 Å². The number of carbonyl (C=O) groups excluding carboxylic acids is 1. The Morgan fingerprint density at radius 2 is 2.13 bits per heavy atom. The lowest BCUT2D eigenvalue weighted by molar-refractivity contribution is -0.253. The highest BCUT2D eigenvalue weighted by Gasteiger charge is 2.43. The zero-order chi connectivity index (χ0) is 11.6. The topological polar surface area (TPSA) is 119 Å². The van der Waals surface area contributed by atoms with Crippen LogP contribution in [0.2, 0.25) is 0 Å². The summed E-state index contributed by atoms with van der Waals surface area (Å²) in [6.45, 7) is 0.687. The van der Waals surface area contributed by atoms with Gasteiger partial charge in [0.1, 0.15) is 24.4 Å². The average Bonchev–Trinajstić information content (AvgIpc) is 2.18. The highest BCUT2D eigenvalue weighted by Crippen LogP contribution is 2.19. The van der Waals surface area contributed by atoms with E-state index in [1.54, 1.807) is 0 Å². The van der Waals surface area contributed by atoms with Crippen molar-refractivity contribution in [2.24, 2.45) is 0 Å². The standard InChI is InChI=1S/C8H15NO6/c1-3(11)9-5-7(13)6(12)4(2-10)15-8(5)14/h4-8,10,12-14H,2H2,1H3,(H,9,11)/t4-,5+,6-,7-,8+/m1/s1/i13+2. The maximum atomic E-state index is 10.7. The summed E-state index contributed by atoms with van der Waals surface area (Å²) < 4.78 is 4.81. The van der Waals surface area contributed by atoms with Gasteiger partial charge in [0.2, 0.25) is 5.91 Å². The molecule has 1 rings (SSSR count). The lowest BCUT2D eigenvalue weighted by Crippen LogP contribution is -2.63. The van der Waals surface area contributed by atoms with E-state index in [4.69, 9.17) is 9.84 Å². The number of carbonyl (C=O) groups is 1. The minimum atomic E-state index is -1.45. The molecule has 0 spiro atoms. The van der Waals surface area contributed by atoms with E-state index in [0.717, 1.165) is 0 Å². The van der Waals surface area contributed by atoms with Gasteiger partial charge in [-0.1, -0.05) is 0 Å². The minimum Gasteiger partial charge on any atom is -0.394 e. The molecule has 1 heterocycles. The molecule has 0 aliphatic carbocycles. The predicted octanol–water partition coefficient (Wildman–Crippen LogP) is -3.08. The molecule has 0 aromatic heterocycles. The lowest BCUT2D eigenvalue weighted by Gasteiger charge is -2.40. The monoisotopic (exact) mass is 223 g/mol. The largest absolute Gasteiger partial charge is 0.394 e. The molecule has 1 aliphatic rings. The van der Waals surface area contributed by atoms with Crippen molar-refractivity contribution < 1.29 is 30.0 Å². The second-order valence-electron chi connectivity index (χ2n) is 3.46. The minimum absolute atomic E-state index is 0.462. The molecule has 0 saturated carbocycles. The van der Waals surface area contributed by atoms with Crippen LogP contribution in [0.5, 0.6) is 0 Å². The zero-order valence-corrected chi connectivity index (χ0v) is 8.20. The third kappa shape index (κ3) is 2.64. The zero-order valence-electron chi connectivity index (χ0n) is 8.20. The summed E-state index contributed by atoms with van der Waals surface area (Å²) in [5.74, 6) is -0.462. The van der Waals surface area contributed by atoms with Gasteiger partial charge in [-0.3, -0.25) is 4.79 Å². The summed E-state index contributed by atoms with van der Waals surface area (Å²) in [5.41, 5.74) is 0. The number of rotatable bonds is 2. The molecular weight excluding hydrogens is 208 g/mol. The third-order valence-corrected chi connectivity index (χ3v) is 2.27. The molecule has 0 aromatic carbocycles. The first-order valence-electron chi connectivity index (χ1n) is 4.55.